The van der Waals surface area contributed by atoms with Crippen molar-refractivity contribution in [3.8, 4) is 5.75 Å². The van der Waals surface area contributed by atoms with E-state index in [1.807, 2.05) is 48.5 Å². The lowest BCUT2D eigenvalue weighted by molar-refractivity contribution is 0.414. The minimum Gasteiger partial charge on any atom is -0.497 e. The van der Waals surface area contributed by atoms with Gasteiger partial charge in [0.15, 0.2) is 5.65 Å². The van der Waals surface area contributed by atoms with Gasteiger partial charge in [0.25, 0.3) is 0 Å². The lowest BCUT2D eigenvalue weighted by atomic mass is 10.2. The van der Waals surface area contributed by atoms with Crippen molar-refractivity contribution < 1.29 is 17.5 Å². The number of ether oxygens (including phenoxy) is 1. The van der Waals surface area contributed by atoms with Crippen molar-refractivity contribution >= 4 is 32.2 Å². The van der Waals surface area contributed by atoms with E-state index in [-0.39, 0.29) is 15.6 Å². The summed E-state index contributed by atoms with van der Waals surface area (Å²) in [5.41, 5.74) is 1.68. The molecular weight excluding hydrogens is 445 g/mol. The van der Waals surface area contributed by atoms with E-state index in [1.165, 1.54) is 16.6 Å². The lowest BCUT2D eigenvalue weighted by Crippen LogP contribution is -2.07. The van der Waals surface area contributed by atoms with Crippen molar-refractivity contribution in [1.82, 2.24) is 19.8 Å². The van der Waals surface area contributed by atoms with Crippen LogP contribution in [0, 0.1) is 5.82 Å². The molecule has 166 valence electrons. The predicted octanol–water partition coefficient (Wildman–Crippen LogP) is 3.87. The zero-order valence-electron chi connectivity index (χ0n) is 17.4. The van der Waals surface area contributed by atoms with Gasteiger partial charge in [0.2, 0.25) is 14.9 Å². The van der Waals surface area contributed by atoms with Gasteiger partial charge in [-0.05, 0) is 54.1 Å². The number of sulfone groups is 1. The van der Waals surface area contributed by atoms with Crippen LogP contribution in [0.1, 0.15) is 5.56 Å². The number of fused-ring (bicyclic) bond motifs is 3. The standard InChI is InChI=1S/C23H18FN5O3S/c1-32-17-6-4-5-15(13-17)14-25-21-19-7-2-3-8-20(19)29-22(26-21)23(27-28-29)33(30,31)18-11-9-16(24)10-12-18/h2-13H,14H2,1H3,(H,25,26). The van der Waals surface area contributed by atoms with Crippen molar-refractivity contribution in [2.45, 2.75) is 16.5 Å². The molecule has 33 heavy (non-hydrogen) atoms. The Bertz CT molecular complexity index is 1580. The molecule has 0 saturated carbocycles. The number of hydrogen-bond acceptors (Lipinski definition) is 7. The molecule has 2 heterocycles. The van der Waals surface area contributed by atoms with Crippen molar-refractivity contribution in [2.24, 2.45) is 0 Å². The summed E-state index contributed by atoms with van der Waals surface area (Å²) < 4.78 is 46.4. The molecule has 0 aliphatic carbocycles. The van der Waals surface area contributed by atoms with Crippen molar-refractivity contribution in [2.75, 3.05) is 12.4 Å². The molecule has 0 fully saturated rings. The fourth-order valence-electron chi connectivity index (χ4n) is 3.55. The summed E-state index contributed by atoms with van der Waals surface area (Å²) in [6.07, 6.45) is 0. The highest BCUT2D eigenvalue weighted by molar-refractivity contribution is 7.91. The normalized spacial score (nSPS) is 11.7. The smallest absolute Gasteiger partial charge is 0.229 e. The van der Waals surface area contributed by atoms with Crippen LogP contribution in [0.5, 0.6) is 5.75 Å². The molecule has 0 saturated heterocycles. The highest BCUT2D eigenvalue weighted by Crippen LogP contribution is 2.28. The molecule has 1 N–H and O–H groups in total. The number of halogens is 1. The van der Waals surface area contributed by atoms with Crippen molar-refractivity contribution in [3.05, 3.63) is 84.2 Å². The summed E-state index contributed by atoms with van der Waals surface area (Å²) in [5.74, 6) is 0.684. The Labute approximate surface area is 188 Å². The summed E-state index contributed by atoms with van der Waals surface area (Å²) in [7, 11) is -2.47. The Morgan fingerprint density at radius 1 is 1.03 bits per heavy atom. The fourth-order valence-corrected chi connectivity index (χ4v) is 4.78. The van der Waals surface area contributed by atoms with Gasteiger partial charge in [0.1, 0.15) is 17.4 Å². The maximum atomic E-state index is 13.3. The monoisotopic (exact) mass is 463 g/mol. The number of aromatic nitrogens is 4. The average molecular weight is 463 g/mol. The van der Waals surface area contributed by atoms with Crippen LogP contribution in [0.4, 0.5) is 10.2 Å². The SMILES string of the molecule is COc1cccc(CNc2nc3c(S(=O)(=O)c4ccc(F)cc4)nnn3c3ccccc23)c1. The number of nitrogens with zero attached hydrogens (tertiary/aromatic N) is 4. The van der Waals surface area contributed by atoms with E-state index in [9.17, 15) is 12.8 Å². The summed E-state index contributed by atoms with van der Waals surface area (Å²) >= 11 is 0. The molecule has 8 nitrogen and oxygen atoms in total. The maximum Gasteiger partial charge on any atom is 0.229 e. The van der Waals surface area contributed by atoms with Gasteiger partial charge in [-0.15, -0.1) is 5.10 Å². The third-order valence-electron chi connectivity index (χ3n) is 5.19. The van der Waals surface area contributed by atoms with Gasteiger partial charge in [-0.25, -0.2) is 17.8 Å². The van der Waals surface area contributed by atoms with Crippen molar-refractivity contribution in [3.63, 3.8) is 0 Å². The molecule has 0 amide bonds. The van der Waals surface area contributed by atoms with Crippen LogP contribution in [0.2, 0.25) is 0 Å². The minimum atomic E-state index is -4.07. The van der Waals surface area contributed by atoms with Crippen LogP contribution >= 0.6 is 0 Å². The van der Waals surface area contributed by atoms with E-state index in [2.05, 4.69) is 20.6 Å². The van der Waals surface area contributed by atoms with Crippen LogP contribution in [-0.2, 0) is 16.4 Å². The van der Waals surface area contributed by atoms with E-state index in [0.717, 1.165) is 28.8 Å². The molecule has 0 spiro atoms. The quantitative estimate of drug-likeness (QED) is 0.382. The summed E-state index contributed by atoms with van der Waals surface area (Å²) in [6.45, 7) is 0.436. The number of rotatable bonds is 6. The number of para-hydroxylation sites is 1. The molecule has 0 aliphatic heterocycles. The molecule has 2 aromatic heterocycles. The molecule has 0 unspecified atom stereocenters. The highest BCUT2D eigenvalue weighted by Gasteiger charge is 2.27. The molecule has 0 bridgehead atoms. The molecule has 5 rings (SSSR count). The van der Waals surface area contributed by atoms with Crippen LogP contribution in [0.25, 0.3) is 16.6 Å². The van der Waals surface area contributed by atoms with Crippen LogP contribution in [0.3, 0.4) is 0 Å². The van der Waals surface area contributed by atoms with Gasteiger partial charge >= 0.3 is 0 Å². The zero-order valence-corrected chi connectivity index (χ0v) is 18.3. The maximum absolute atomic E-state index is 13.3. The molecule has 0 aliphatic rings. The molecule has 10 heteroatoms. The first-order valence-corrected chi connectivity index (χ1v) is 11.5. The topological polar surface area (TPSA) is 98.5 Å². The second kappa shape index (κ2) is 8.14. The van der Waals surface area contributed by atoms with E-state index in [4.69, 9.17) is 4.74 Å². The first-order valence-electron chi connectivity index (χ1n) is 9.99. The summed E-state index contributed by atoms with van der Waals surface area (Å²) in [5, 5.41) is 11.7. The third kappa shape index (κ3) is 3.74. The van der Waals surface area contributed by atoms with Gasteiger partial charge in [-0.3, -0.25) is 0 Å². The van der Waals surface area contributed by atoms with Crippen LogP contribution in [0.15, 0.2) is 82.7 Å². The number of nitrogens with one attached hydrogen (secondary N) is 1. The minimum absolute atomic E-state index is 0.0752. The molecule has 5 aromatic rings. The largest absolute Gasteiger partial charge is 0.497 e. The number of hydrogen-bond donors (Lipinski definition) is 1. The van der Waals surface area contributed by atoms with Gasteiger partial charge in [0, 0.05) is 11.9 Å². The van der Waals surface area contributed by atoms with E-state index in [1.54, 1.807) is 7.11 Å². The lowest BCUT2D eigenvalue weighted by Gasteiger charge is -2.11. The first kappa shape index (κ1) is 20.8. The molecular formula is C23H18FN5O3S. The van der Waals surface area contributed by atoms with Crippen LogP contribution in [-0.4, -0.2) is 35.3 Å². The van der Waals surface area contributed by atoms with Gasteiger partial charge in [0.05, 0.1) is 17.5 Å². The fraction of sp³-hybridized carbons (Fsp3) is 0.0870. The Morgan fingerprint density at radius 2 is 1.82 bits per heavy atom. The zero-order chi connectivity index (χ0) is 23.0. The second-order valence-electron chi connectivity index (χ2n) is 7.27. The number of anilines is 1. The predicted molar refractivity (Wildman–Crippen MR) is 120 cm³/mol. The number of benzene rings is 3. The molecule has 3 aromatic carbocycles. The Hall–Kier alpha value is -4.05. The summed E-state index contributed by atoms with van der Waals surface area (Å²) in [6, 6.07) is 19.5. The van der Waals surface area contributed by atoms with Gasteiger partial charge < -0.3 is 10.1 Å². The Kier molecular flexibility index (Phi) is 5.14. The van der Waals surface area contributed by atoms with E-state index in [0.29, 0.717) is 17.9 Å². The summed E-state index contributed by atoms with van der Waals surface area (Å²) in [4.78, 5) is 4.48. The Balaban J connectivity index is 1.62. The highest BCUT2D eigenvalue weighted by atomic mass is 32.2. The second-order valence-corrected chi connectivity index (χ2v) is 9.13. The van der Waals surface area contributed by atoms with Crippen molar-refractivity contribution in [1.29, 1.82) is 0 Å². The first-order chi connectivity index (χ1) is 16.0. The van der Waals surface area contributed by atoms with E-state index >= 15 is 0 Å². The average Bonchev–Trinajstić information content (AvgIpc) is 3.28. The van der Waals surface area contributed by atoms with E-state index < -0.39 is 15.7 Å². The van der Waals surface area contributed by atoms with Crippen LogP contribution < -0.4 is 10.1 Å². The third-order valence-corrected chi connectivity index (χ3v) is 6.86. The Morgan fingerprint density at radius 3 is 2.61 bits per heavy atom. The molecule has 0 atom stereocenters. The molecule has 0 radical (unpaired) electrons. The van der Waals surface area contributed by atoms with Gasteiger partial charge in [-0.2, -0.15) is 4.52 Å². The van der Waals surface area contributed by atoms with Gasteiger partial charge in [-0.1, -0.05) is 29.5 Å². The number of methoxy groups -OCH3 is 1.